The molecule has 0 radical (unpaired) electrons. The molecule has 0 aliphatic heterocycles. The number of aromatic amines is 1. The minimum absolute atomic E-state index is 0.200. The van der Waals surface area contributed by atoms with Gasteiger partial charge in [-0.25, -0.2) is 0 Å². The monoisotopic (exact) mass is 244 g/mol. The molecule has 0 atom stereocenters. The number of carbonyl (C=O) groups is 1. The number of anilines is 2. The van der Waals surface area contributed by atoms with Crippen LogP contribution in [0, 0.1) is 0 Å². The van der Waals surface area contributed by atoms with Crippen LogP contribution in [0.25, 0.3) is 0 Å². The summed E-state index contributed by atoms with van der Waals surface area (Å²) < 4.78 is 0. The SMILES string of the molecule is CCc1ccc(N(C)C(=O)c2[nH]ncc2N)cc1. The topological polar surface area (TPSA) is 75.0 Å². The van der Waals surface area contributed by atoms with E-state index < -0.39 is 0 Å². The van der Waals surface area contributed by atoms with Gasteiger partial charge in [0.2, 0.25) is 0 Å². The van der Waals surface area contributed by atoms with Crippen molar-refractivity contribution in [3.05, 3.63) is 41.7 Å². The molecule has 2 rings (SSSR count). The van der Waals surface area contributed by atoms with Crippen molar-refractivity contribution in [1.29, 1.82) is 0 Å². The molecule has 18 heavy (non-hydrogen) atoms. The van der Waals surface area contributed by atoms with Crippen LogP contribution in [0.5, 0.6) is 0 Å². The van der Waals surface area contributed by atoms with Gasteiger partial charge in [-0.1, -0.05) is 19.1 Å². The summed E-state index contributed by atoms with van der Waals surface area (Å²) in [6.07, 6.45) is 2.41. The number of nitrogens with two attached hydrogens (primary N) is 1. The van der Waals surface area contributed by atoms with Gasteiger partial charge in [-0.15, -0.1) is 0 Å². The molecule has 94 valence electrons. The lowest BCUT2D eigenvalue weighted by Gasteiger charge is -2.17. The number of hydrogen-bond acceptors (Lipinski definition) is 3. The number of amides is 1. The Balaban J connectivity index is 2.23. The number of nitrogens with one attached hydrogen (secondary N) is 1. The summed E-state index contributed by atoms with van der Waals surface area (Å²) in [5.41, 5.74) is 8.40. The Bertz CT molecular complexity index is 544. The summed E-state index contributed by atoms with van der Waals surface area (Å²) in [6, 6.07) is 7.86. The Hall–Kier alpha value is -2.30. The van der Waals surface area contributed by atoms with Crippen LogP contribution >= 0.6 is 0 Å². The Morgan fingerprint density at radius 3 is 2.56 bits per heavy atom. The molecule has 1 heterocycles. The van der Waals surface area contributed by atoms with E-state index in [1.165, 1.54) is 11.8 Å². The van der Waals surface area contributed by atoms with E-state index in [1.54, 1.807) is 11.9 Å². The van der Waals surface area contributed by atoms with Crippen LogP contribution in [0.15, 0.2) is 30.5 Å². The largest absolute Gasteiger partial charge is 0.396 e. The van der Waals surface area contributed by atoms with Gasteiger partial charge in [0.15, 0.2) is 0 Å². The molecule has 0 aliphatic carbocycles. The molecule has 1 aromatic carbocycles. The maximum Gasteiger partial charge on any atom is 0.278 e. The molecule has 0 spiro atoms. The Morgan fingerprint density at radius 1 is 1.39 bits per heavy atom. The number of benzene rings is 1. The van der Waals surface area contributed by atoms with Crippen molar-refractivity contribution in [1.82, 2.24) is 10.2 Å². The van der Waals surface area contributed by atoms with Crippen molar-refractivity contribution in [2.45, 2.75) is 13.3 Å². The third-order valence-electron chi connectivity index (χ3n) is 2.92. The Kier molecular flexibility index (Phi) is 3.32. The highest BCUT2D eigenvalue weighted by molar-refractivity contribution is 6.07. The maximum atomic E-state index is 12.2. The molecule has 0 fully saturated rings. The third-order valence-corrected chi connectivity index (χ3v) is 2.92. The first-order chi connectivity index (χ1) is 8.63. The third kappa shape index (κ3) is 2.20. The minimum Gasteiger partial charge on any atom is -0.396 e. The number of H-pyrrole nitrogens is 1. The fraction of sp³-hybridized carbons (Fsp3) is 0.231. The highest BCUT2D eigenvalue weighted by Crippen LogP contribution is 2.18. The molecule has 1 aromatic heterocycles. The van der Waals surface area contributed by atoms with Gasteiger partial charge in [0, 0.05) is 12.7 Å². The summed E-state index contributed by atoms with van der Waals surface area (Å²) in [5.74, 6) is -0.200. The first kappa shape index (κ1) is 12.2. The molecule has 0 saturated heterocycles. The van der Waals surface area contributed by atoms with Gasteiger partial charge in [0.05, 0.1) is 11.9 Å². The van der Waals surface area contributed by atoms with E-state index in [4.69, 9.17) is 5.73 Å². The van der Waals surface area contributed by atoms with Crippen LogP contribution in [0.1, 0.15) is 23.0 Å². The lowest BCUT2D eigenvalue weighted by atomic mass is 10.1. The number of nitrogens with zero attached hydrogens (tertiary/aromatic N) is 2. The van der Waals surface area contributed by atoms with Gasteiger partial charge in [-0.3, -0.25) is 9.89 Å². The smallest absolute Gasteiger partial charge is 0.278 e. The van der Waals surface area contributed by atoms with E-state index in [1.807, 2.05) is 24.3 Å². The van der Waals surface area contributed by atoms with Gasteiger partial charge in [-0.05, 0) is 24.1 Å². The molecule has 0 aliphatic rings. The van der Waals surface area contributed by atoms with Gasteiger partial charge in [0.25, 0.3) is 5.91 Å². The molecular formula is C13H16N4O. The molecule has 0 bridgehead atoms. The van der Waals surface area contributed by atoms with Crippen LogP contribution in [0.2, 0.25) is 0 Å². The first-order valence-corrected chi connectivity index (χ1v) is 5.79. The molecule has 0 saturated carbocycles. The van der Waals surface area contributed by atoms with E-state index >= 15 is 0 Å². The van der Waals surface area contributed by atoms with Crippen LogP contribution in [0.4, 0.5) is 11.4 Å². The zero-order chi connectivity index (χ0) is 13.1. The second kappa shape index (κ2) is 4.91. The second-order valence-corrected chi connectivity index (χ2v) is 4.08. The lowest BCUT2D eigenvalue weighted by Crippen LogP contribution is -2.27. The average Bonchev–Trinajstić information content (AvgIpc) is 2.83. The highest BCUT2D eigenvalue weighted by Gasteiger charge is 2.17. The maximum absolute atomic E-state index is 12.2. The van der Waals surface area contributed by atoms with Crippen molar-refractivity contribution < 1.29 is 4.79 Å². The van der Waals surface area contributed by atoms with Gasteiger partial charge >= 0.3 is 0 Å². The normalized spacial score (nSPS) is 10.3. The molecule has 1 amide bonds. The summed E-state index contributed by atoms with van der Waals surface area (Å²) in [6.45, 7) is 2.09. The molecule has 3 N–H and O–H groups in total. The van der Waals surface area contributed by atoms with Crippen LogP contribution in [-0.2, 0) is 6.42 Å². The Morgan fingerprint density at radius 2 is 2.06 bits per heavy atom. The van der Waals surface area contributed by atoms with Gasteiger partial charge in [-0.2, -0.15) is 5.10 Å². The predicted molar refractivity (Wildman–Crippen MR) is 71.6 cm³/mol. The van der Waals surface area contributed by atoms with E-state index in [-0.39, 0.29) is 5.91 Å². The van der Waals surface area contributed by atoms with Crippen molar-refractivity contribution in [3.63, 3.8) is 0 Å². The van der Waals surface area contributed by atoms with Crippen molar-refractivity contribution >= 4 is 17.3 Å². The number of rotatable bonds is 3. The molecule has 0 unspecified atom stereocenters. The average molecular weight is 244 g/mol. The summed E-state index contributed by atoms with van der Waals surface area (Å²) >= 11 is 0. The van der Waals surface area contributed by atoms with Crippen LogP contribution < -0.4 is 10.6 Å². The molecular weight excluding hydrogens is 228 g/mol. The van der Waals surface area contributed by atoms with E-state index in [0.29, 0.717) is 11.4 Å². The molecule has 2 aromatic rings. The fourth-order valence-electron chi connectivity index (χ4n) is 1.71. The van der Waals surface area contributed by atoms with Gasteiger partial charge in [0.1, 0.15) is 5.69 Å². The fourth-order valence-corrected chi connectivity index (χ4v) is 1.71. The number of nitrogen functional groups attached to an aromatic ring is 1. The lowest BCUT2D eigenvalue weighted by molar-refractivity contribution is 0.0989. The highest BCUT2D eigenvalue weighted by atomic mass is 16.2. The predicted octanol–water partition coefficient (Wildman–Crippen LogP) is 1.83. The standard InChI is InChI=1S/C13H16N4O/c1-3-9-4-6-10(7-5-9)17(2)13(18)12-11(14)8-15-16-12/h4-8H,3,14H2,1-2H3,(H,15,16). The van der Waals surface area contributed by atoms with Crippen molar-refractivity contribution in [2.24, 2.45) is 0 Å². The number of carbonyl (C=O) groups excluding carboxylic acids is 1. The quantitative estimate of drug-likeness (QED) is 0.865. The summed E-state index contributed by atoms with van der Waals surface area (Å²) in [5, 5.41) is 6.36. The summed E-state index contributed by atoms with van der Waals surface area (Å²) in [7, 11) is 1.71. The van der Waals surface area contributed by atoms with E-state index in [2.05, 4.69) is 17.1 Å². The van der Waals surface area contributed by atoms with Crippen molar-refractivity contribution in [2.75, 3.05) is 17.7 Å². The summed E-state index contributed by atoms with van der Waals surface area (Å²) in [4.78, 5) is 13.7. The zero-order valence-electron chi connectivity index (χ0n) is 10.5. The first-order valence-electron chi connectivity index (χ1n) is 5.79. The Labute approximate surface area is 106 Å². The van der Waals surface area contributed by atoms with Crippen LogP contribution in [-0.4, -0.2) is 23.2 Å². The molecule has 5 heteroatoms. The number of aromatic nitrogens is 2. The van der Waals surface area contributed by atoms with E-state index in [0.717, 1.165) is 12.1 Å². The zero-order valence-corrected chi connectivity index (χ0v) is 10.5. The number of hydrogen-bond donors (Lipinski definition) is 2. The van der Waals surface area contributed by atoms with Crippen LogP contribution in [0.3, 0.4) is 0 Å². The van der Waals surface area contributed by atoms with E-state index in [9.17, 15) is 4.79 Å². The minimum atomic E-state index is -0.200. The van der Waals surface area contributed by atoms with Gasteiger partial charge < -0.3 is 10.6 Å². The molecule has 5 nitrogen and oxygen atoms in total. The second-order valence-electron chi connectivity index (χ2n) is 4.08. The van der Waals surface area contributed by atoms with Crippen molar-refractivity contribution in [3.8, 4) is 0 Å². The number of aryl methyl sites for hydroxylation is 1.